The van der Waals surface area contributed by atoms with Crippen molar-refractivity contribution in [2.75, 3.05) is 12.9 Å². The highest BCUT2D eigenvalue weighted by atomic mass is 127. The van der Waals surface area contributed by atoms with Gasteiger partial charge >= 0.3 is 0 Å². The van der Waals surface area contributed by atoms with Crippen LogP contribution in [0, 0.1) is 3.57 Å². The molecule has 0 bridgehead atoms. The first-order valence-corrected chi connectivity index (χ1v) is 6.40. The third kappa shape index (κ3) is 3.01. The summed E-state index contributed by atoms with van der Waals surface area (Å²) < 4.78 is 0.724. The van der Waals surface area contributed by atoms with E-state index in [9.17, 15) is 9.90 Å². The van der Waals surface area contributed by atoms with Crippen LogP contribution in [0.3, 0.4) is 0 Å². The van der Waals surface area contributed by atoms with Gasteiger partial charge in [-0.05, 0) is 47.7 Å². The third-order valence-electron chi connectivity index (χ3n) is 2.40. The van der Waals surface area contributed by atoms with Crippen molar-refractivity contribution in [3.05, 3.63) is 27.3 Å². The molecule has 0 fully saturated rings. The lowest BCUT2D eigenvalue weighted by atomic mass is 10.1. The fourth-order valence-electron chi connectivity index (χ4n) is 1.15. The summed E-state index contributed by atoms with van der Waals surface area (Å²) in [5.41, 5.74) is 0.470. The Labute approximate surface area is 114 Å². The molecule has 0 saturated carbocycles. The predicted molar refractivity (Wildman–Crippen MR) is 73.1 cm³/mol. The van der Waals surface area contributed by atoms with Gasteiger partial charge in [0.2, 0.25) is 0 Å². The maximum absolute atomic E-state index is 12.0. The van der Waals surface area contributed by atoms with Gasteiger partial charge in [0.25, 0.3) is 5.91 Å². The molecular formula is C11H13ClINO2. The summed E-state index contributed by atoms with van der Waals surface area (Å²) >= 11 is 7.70. The SMILES string of the molecule is CC(CCl)N(C)C(=O)c1ccc(I)c(O)c1. The second-order valence-electron chi connectivity index (χ2n) is 3.59. The van der Waals surface area contributed by atoms with E-state index in [4.69, 9.17) is 11.6 Å². The van der Waals surface area contributed by atoms with Gasteiger partial charge in [0.15, 0.2) is 0 Å². The first-order chi connectivity index (χ1) is 7.47. The van der Waals surface area contributed by atoms with Crippen molar-refractivity contribution in [3.63, 3.8) is 0 Å². The minimum Gasteiger partial charge on any atom is -0.507 e. The molecule has 0 aromatic heterocycles. The molecule has 1 N–H and O–H groups in total. The number of hydrogen-bond acceptors (Lipinski definition) is 2. The number of benzene rings is 1. The molecule has 3 nitrogen and oxygen atoms in total. The van der Waals surface area contributed by atoms with Crippen molar-refractivity contribution in [1.82, 2.24) is 4.90 Å². The van der Waals surface area contributed by atoms with Crippen molar-refractivity contribution in [2.45, 2.75) is 13.0 Å². The summed E-state index contributed by atoms with van der Waals surface area (Å²) in [5.74, 6) is 0.372. The van der Waals surface area contributed by atoms with Crippen LogP contribution in [0.2, 0.25) is 0 Å². The molecule has 0 aliphatic heterocycles. The van der Waals surface area contributed by atoms with Crippen molar-refractivity contribution < 1.29 is 9.90 Å². The molecule has 0 aliphatic rings. The maximum Gasteiger partial charge on any atom is 0.254 e. The molecule has 88 valence electrons. The average Bonchev–Trinajstić information content (AvgIpc) is 2.29. The van der Waals surface area contributed by atoms with Gasteiger partial charge in [-0.3, -0.25) is 4.79 Å². The number of carbonyl (C=O) groups is 1. The van der Waals surface area contributed by atoms with Crippen LogP contribution in [0.5, 0.6) is 5.75 Å². The minimum atomic E-state index is -0.139. The number of rotatable bonds is 3. The number of phenols is 1. The normalized spacial score (nSPS) is 12.2. The monoisotopic (exact) mass is 353 g/mol. The average molecular weight is 354 g/mol. The molecule has 1 atom stereocenters. The van der Waals surface area contributed by atoms with Crippen LogP contribution in [0.25, 0.3) is 0 Å². The molecule has 0 heterocycles. The summed E-state index contributed by atoms with van der Waals surface area (Å²) in [6.45, 7) is 1.87. The molecule has 0 saturated heterocycles. The van der Waals surface area contributed by atoms with E-state index in [0.29, 0.717) is 11.4 Å². The first-order valence-electron chi connectivity index (χ1n) is 4.79. The second-order valence-corrected chi connectivity index (χ2v) is 5.06. The van der Waals surface area contributed by atoms with Crippen LogP contribution in [-0.2, 0) is 0 Å². The van der Waals surface area contributed by atoms with Gasteiger partial charge in [-0.15, -0.1) is 11.6 Å². The zero-order chi connectivity index (χ0) is 12.3. The number of hydrogen-bond donors (Lipinski definition) is 1. The molecule has 1 amide bonds. The number of phenolic OH excluding ortho intramolecular Hbond substituents is 1. The topological polar surface area (TPSA) is 40.5 Å². The summed E-state index contributed by atoms with van der Waals surface area (Å²) in [5, 5.41) is 9.52. The van der Waals surface area contributed by atoms with Crippen LogP contribution in [0.15, 0.2) is 18.2 Å². The fourth-order valence-corrected chi connectivity index (χ4v) is 1.70. The molecule has 5 heteroatoms. The van der Waals surface area contributed by atoms with Gasteiger partial charge < -0.3 is 10.0 Å². The second kappa shape index (κ2) is 5.72. The van der Waals surface area contributed by atoms with Gasteiger partial charge in [0, 0.05) is 24.5 Å². The number of aromatic hydroxyl groups is 1. The Morgan fingerprint density at radius 2 is 2.25 bits per heavy atom. The van der Waals surface area contributed by atoms with E-state index in [0.717, 1.165) is 3.57 Å². The molecular weight excluding hydrogens is 340 g/mol. The highest BCUT2D eigenvalue weighted by molar-refractivity contribution is 14.1. The highest BCUT2D eigenvalue weighted by Gasteiger charge is 2.17. The summed E-state index contributed by atoms with van der Waals surface area (Å²) in [7, 11) is 1.70. The quantitative estimate of drug-likeness (QED) is 0.670. The Hall–Kier alpha value is -0.490. The maximum atomic E-state index is 12.0. The Morgan fingerprint density at radius 3 is 2.75 bits per heavy atom. The molecule has 0 aliphatic carbocycles. The lowest BCUT2D eigenvalue weighted by molar-refractivity contribution is 0.0756. The Morgan fingerprint density at radius 1 is 1.62 bits per heavy atom. The molecule has 1 unspecified atom stereocenters. The molecule has 0 spiro atoms. The van der Waals surface area contributed by atoms with E-state index in [1.807, 2.05) is 29.5 Å². The molecule has 1 rings (SSSR count). The van der Waals surface area contributed by atoms with Crippen LogP contribution >= 0.6 is 34.2 Å². The minimum absolute atomic E-state index is 0.0319. The van der Waals surface area contributed by atoms with Gasteiger partial charge in [-0.25, -0.2) is 0 Å². The lowest BCUT2D eigenvalue weighted by Gasteiger charge is -2.23. The Kier molecular flexibility index (Phi) is 4.86. The van der Waals surface area contributed by atoms with Gasteiger partial charge in [0.05, 0.1) is 3.57 Å². The molecule has 0 radical (unpaired) electrons. The lowest BCUT2D eigenvalue weighted by Crippen LogP contribution is -2.36. The molecule has 1 aromatic rings. The number of amides is 1. The first kappa shape index (κ1) is 13.6. The summed E-state index contributed by atoms with van der Waals surface area (Å²) in [6.07, 6.45) is 0. The zero-order valence-corrected chi connectivity index (χ0v) is 12.0. The largest absolute Gasteiger partial charge is 0.507 e. The number of carbonyl (C=O) groups excluding carboxylic acids is 1. The van der Waals surface area contributed by atoms with Gasteiger partial charge in [-0.2, -0.15) is 0 Å². The summed E-state index contributed by atoms with van der Waals surface area (Å²) in [6, 6.07) is 4.85. The number of alkyl halides is 1. The van der Waals surface area contributed by atoms with Crippen molar-refractivity contribution in [2.24, 2.45) is 0 Å². The van der Waals surface area contributed by atoms with E-state index in [1.54, 1.807) is 24.1 Å². The highest BCUT2D eigenvalue weighted by Crippen LogP contribution is 2.21. The van der Waals surface area contributed by atoms with Crippen LogP contribution in [-0.4, -0.2) is 34.9 Å². The van der Waals surface area contributed by atoms with Crippen molar-refractivity contribution in [1.29, 1.82) is 0 Å². The Balaban J connectivity index is 2.92. The molecule has 16 heavy (non-hydrogen) atoms. The van der Waals surface area contributed by atoms with Crippen molar-refractivity contribution in [3.8, 4) is 5.75 Å². The summed E-state index contributed by atoms with van der Waals surface area (Å²) in [4.78, 5) is 13.5. The zero-order valence-electron chi connectivity index (χ0n) is 9.08. The van der Waals surface area contributed by atoms with E-state index in [1.165, 1.54) is 6.07 Å². The van der Waals surface area contributed by atoms with Crippen LogP contribution < -0.4 is 0 Å². The van der Waals surface area contributed by atoms with E-state index in [-0.39, 0.29) is 17.7 Å². The fraction of sp³-hybridized carbons (Fsp3) is 0.364. The smallest absolute Gasteiger partial charge is 0.254 e. The van der Waals surface area contributed by atoms with Crippen LogP contribution in [0.4, 0.5) is 0 Å². The predicted octanol–water partition coefficient (Wildman–Crippen LogP) is 2.70. The third-order valence-corrected chi connectivity index (χ3v) is 3.76. The van der Waals surface area contributed by atoms with Gasteiger partial charge in [-0.1, -0.05) is 0 Å². The van der Waals surface area contributed by atoms with Crippen LogP contribution in [0.1, 0.15) is 17.3 Å². The molecule has 1 aromatic carbocycles. The number of halogens is 2. The van der Waals surface area contributed by atoms with E-state index >= 15 is 0 Å². The van der Waals surface area contributed by atoms with E-state index < -0.39 is 0 Å². The number of nitrogens with zero attached hydrogens (tertiary/aromatic N) is 1. The Bertz CT molecular complexity index is 398. The standard InChI is InChI=1S/C11H13ClINO2/c1-7(6-12)14(2)11(16)8-3-4-9(13)10(15)5-8/h3-5,7,15H,6H2,1-2H3. The van der Waals surface area contributed by atoms with Gasteiger partial charge in [0.1, 0.15) is 5.75 Å². The van der Waals surface area contributed by atoms with Crippen molar-refractivity contribution >= 4 is 40.1 Å². The van der Waals surface area contributed by atoms with E-state index in [2.05, 4.69) is 0 Å².